The van der Waals surface area contributed by atoms with Crippen LogP contribution in [0.1, 0.15) is 31.2 Å². The second-order valence-electron chi connectivity index (χ2n) is 4.65. The highest BCUT2D eigenvalue weighted by Crippen LogP contribution is 2.42. The summed E-state index contributed by atoms with van der Waals surface area (Å²) < 4.78 is 33.4. The average molecular weight is 241 g/mol. The zero-order valence-electron chi connectivity index (χ0n) is 9.88. The summed E-state index contributed by atoms with van der Waals surface area (Å²) in [4.78, 5) is 0. The summed E-state index contributed by atoms with van der Waals surface area (Å²) in [5, 5.41) is 0. The van der Waals surface area contributed by atoms with Crippen molar-refractivity contribution >= 4 is 0 Å². The van der Waals surface area contributed by atoms with Crippen LogP contribution in [0.4, 0.5) is 8.78 Å². The third-order valence-electron chi connectivity index (χ3n) is 3.48. The van der Waals surface area contributed by atoms with Crippen molar-refractivity contribution in [2.45, 2.75) is 37.4 Å². The highest BCUT2D eigenvalue weighted by atomic mass is 19.1. The van der Waals surface area contributed by atoms with Gasteiger partial charge in [0.05, 0.1) is 7.11 Å². The van der Waals surface area contributed by atoms with Gasteiger partial charge in [0.15, 0.2) is 0 Å². The molecule has 0 bridgehead atoms. The first-order valence-electron chi connectivity index (χ1n) is 5.84. The lowest BCUT2D eigenvalue weighted by atomic mass is 9.79. The van der Waals surface area contributed by atoms with E-state index in [4.69, 9.17) is 10.5 Å². The Hall–Kier alpha value is -1.16. The molecule has 2 rings (SSSR count). The van der Waals surface area contributed by atoms with Crippen molar-refractivity contribution in [1.29, 1.82) is 0 Å². The first-order chi connectivity index (χ1) is 8.05. The predicted molar refractivity (Wildman–Crippen MR) is 62.2 cm³/mol. The maximum Gasteiger partial charge on any atom is 0.138 e. The van der Waals surface area contributed by atoms with E-state index in [0.717, 1.165) is 0 Å². The van der Waals surface area contributed by atoms with Crippen molar-refractivity contribution in [3.63, 3.8) is 0 Å². The molecule has 1 aliphatic carbocycles. The minimum Gasteiger partial charge on any atom is -0.497 e. The molecular weight excluding hydrogens is 224 g/mol. The lowest BCUT2D eigenvalue weighted by molar-refractivity contribution is 0.0934. The van der Waals surface area contributed by atoms with Gasteiger partial charge in [-0.3, -0.25) is 0 Å². The molecule has 1 aliphatic rings. The second kappa shape index (κ2) is 4.61. The van der Waals surface area contributed by atoms with Crippen LogP contribution >= 0.6 is 0 Å². The molecule has 0 aliphatic heterocycles. The van der Waals surface area contributed by atoms with Gasteiger partial charge in [0.2, 0.25) is 0 Å². The molecule has 0 atom stereocenters. The first-order valence-corrected chi connectivity index (χ1v) is 5.84. The van der Waals surface area contributed by atoms with Gasteiger partial charge in [0, 0.05) is 17.7 Å². The number of alkyl halides is 1. The number of halogens is 2. The Balaban J connectivity index is 2.27. The van der Waals surface area contributed by atoms with E-state index in [9.17, 15) is 8.78 Å². The average Bonchev–Trinajstić information content (AvgIpc) is 2.33. The van der Waals surface area contributed by atoms with Crippen LogP contribution < -0.4 is 10.5 Å². The normalized spacial score (nSPS) is 29.1. The fraction of sp³-hybridized carbons (Fsp3) is 0.538. The summed E-state index contributed by atoms with van der Waals surface area (Å²) in [6, 6.07) is 4.34. The number of nitrogens with two attached hydrogens (primary N) is 1. The monoisotopic (exact) mass is 241 g/mol. The quantitative estimate of drug-likeness (QED) is 0.864. The van der Waals surface area contributed by atoms with Gasteiger partial charge in [0.1, 0.15) is 17.2 Å². The number of hydrogen-bond acceptors (Lipinski definition) is 2. The number of rotatable bonds is 2. The van der Waals surface area contributed by atoms with Crippen LogP contribution in [0.5, 0.6) is 5.75 Å². The lowest BCUT2D eigenvalue weighted by Gasteiger charge is -2.33. The molecule has 2 N–H and O–H groups in total. The van der Waals surface area contributed by atoms with Crippen LogP contribution in [0.15, 0.2) is 18.2 Å². The fourth-order valence-corrected chi connectivity index (χ4v) is 2.35. The standard InChI is InChI=1S/C13H17F2NO/c1-17-10-2-3-11(12(14)8-10)13(15)6-4-9(16)5-7-13/h2-3,8-9H,4-7,16H2,1H3. The van der Waals surface area contributed by atoms with Crippen LogP contribution in [0.3, 0.4) is 0 Å². The van der Waals surface area contributed by atoms with Gasteiger partial charge in [-0.05, 0) is 37.8 Å². The van der Waals surface area contributed by atoms with E-state index in [1.165, 1.54) is 19.2 Å². The molecule has 0 radical (unpaired) electrons. The number of ether oxygens (including phenoxy) is 1. The Morgan fingerprint density at radius 2 is 2.00 bits per heavy atom. The molecule has 0 heterocycles. The molecular formula is C13H17F2NO. The minimum atomic E-state index is -1.58. The number of benzene rings is 1. The van der Waals surface area contributed by atoms with Crippen LogP contribution in [0.2, 0.25) is 0 Å². The molecule has 0 amide bonds. The summed E-state index contributed by atoms with van der Waals surface area (Å²) in [7, 11) is 1.46. The molecule has 0 saturated heterocycles. The maximum atomic E-state index is 14.6. The molecule has 94 valence electrons. The van der Waals surface area contributed by atoms with E-state index in [1.54, 1.807) is 6.07 Å². The fourth-order valence-electron chi connectivity index (χ4n) is 2.35. The highest BCUT2D eigenvalue weighted by Gasteiger charge is 2.38. The van der Waals surface area contributed by atoms with Crippen LogP contribution in [-0.4, -0.2) is 13.2 Å². The molecule has 17 heavy (non-hydrogen) atoms. The van der Waals surface area contributed by atoms with Crippen molar-refractivity contribution in [3.05, 3.63) is 29.6 Å². The zero-order valence-corrected chi connectivity index (χ0v) is 9.88. The van der Waals surface area contributed by atoms with E-state index < -0.39 is 11.5 Å². The second-order valence-corrected chi connectivity index (χ2v) is 4.65. The molecule has 2 nitrogen and oxygen atoms in total. The van der Waals surface area contributed by atoms with Crippen molar-refractivity contribution in [2.75, 3.05) is 7.11 Å². The van der Waals surface area contributed by atoms with E-state index in [0.29, 0.717) is 18.6 Å². The Bertz CT molecular complexity index is 400. The molecule has 4 heteroatoms. The Morgan fingerprint density at radius 3 is 2.53 bits per heavy atom. The summed E-state index contributed by atoms with van der Waals surface area (Å²) in [6.45, 7) is 0. The van der Waals surface area contributed by atoms with E-state index in [2.05, 4.69) is 0 Å². The van der Waals surface area contributed by atoms with Crippen LogP contribution in [0, 0.1) is 5.82 Å². The van der Waals surface area contributed by atoms with Crippen LogP contribution in [0.25, 0.3) is 0 Å². The van der Waals surface area contributed by atoms with Gasteiger partial charge < -0.3 is 10.5 Å². The Labute approximate surface area is 99.8 Å². The topological polar surface area (TPSA) is 35.2 Å². The van der Waals surface area contributed by atoms with Crippen LogP contribution in [-0.2, 0) is 5.67 Å². The van der Waals surface area contributed by atoms with Crippen molar-refractivity contribution in [2.24, 2.45) is 5.73 Å². The largest absolute Gasteiger partial charge is 0.497 e. The highest BCUT2D eigenvalue weighted by molar-refractivity contribution is 5.33. The molecule has 1 aromatic rings. The summed E-state index contributed by atoms with van der Waals surface area (Å²) in [5.41, 5.74) is 4.29. The predicted octanol–water partition coefficient (Wildman–Crippen LogP) is 2.90. The summed E-state index contributed by atoms with van der Waals surface area (Å²) in [6.07, 6.45) is 1.78. The minimum absolute atomic E-state index is 0.0418. The van der Waals surface area contributed by atoms with Gasteiger partial charge >= 0.3 is 0 Å². The smallest absolute Gasteiger partial charge is 0.138 e. The SMILES string of the molecule is COc1ccc(C2(F)CCC(N)CC2)c(F)c1. The Morgan fingerprint density at radius 1 is 1.35 bits per heavy atom. The molecule has 0 aromatic heterocycles. The molecule has 1 aromatic carbocycles. The van der Waals surface area contributed by atoms with Gasteiger partial charge in [-0.15, -0.1) is 0 Å². The number of hydrogen-bond donors (Lipinski definition) is 1. The van der Waals surface area contributed by atoms with Gasteiger partial charge in [0.25, 0.3) is 0 Å². The van der Waals surface area contributed by atoms with Crippen molar-refractivity contribution in [1.82, 2.24) is 0 Å². The third kappa shape index (κ3) is 2.41. The van der Waals surface area contributed by atoms with Gasteiger partial charge in [-0.1, -0.05) is 0 Å². The van der Waals surface area contributed by atoms with E-state index in [-0.39, 0.29) is 24.4 Å². The molecule has 0 spiro atoms. The van der Waals surface area contributed by atoms with Crippen molar-refractivity contribution in [3.8, 4) is 5.75 Å². The Kier molecular flexibility index (Phi) is 3.33. The summed E-state index contributed by atoms with van der Waals surface area (Å²) in [5.74, 6) is -0.135. The van der Waals surface area contributed by atoms with Crippen molar-refractivity contribution < 1.29 is 13.5 Å². The van der Waals surface area contributed by atoms with E-state index >= 15 is 0 Å². The van der Waals surface area contributed by atoms with E-state index in [1.807, 2.05) is 0 Å². The molecule has 1 fully saturated rings. The van der Waals surface area contributed by atoms with Gasteiger partial charge in [-0.2, -0.15) is 0 Å². The summed E-state index contributed by atoms with van der Waals surface area (Å²) >= 11 is 0. The molecule has 1 saturated carbocycles. The molecule has 0 unspecified atom stereocenters. The zero-order chi connectivity index (χ0) is 12.5. The maximum absolute atomic E-state index is 14.6. The third-order valence-corrected chi connectivity index (χ3v) is 3.48. The first kappa shape index (κ1) is 12.3. The lowest BCUT2D eigenvalue weighted by Crippen LogP contribution is -2.34. The number of methoxy groups -OCH3 is 1. The van der Waals surface area contributed by atoms with Gasteiger partial charge in [-0.25, -0.2) is 8.78 Å².